The third kappa shape index (κ3) is 2.19. The quantitative estimate of drug-likeness (QED) is 0.836. The van der Waals surface area contributed by atoms with E-state index in [2.05, 4.69) is 9.55 Å². The van der Waals surface area contributed by atoms with Crippen LogP contribution < -0.4 is 5.73 Å². The van der Waals surface area contributed by atoms with E-state index < -0.39 is 9.84 Å². The lowest BCUT2D eigenvalue weighted by Crippen LogP contribution is -2.31. The SMILES string of the molecule is NC1CCc2nc(CC3CCCS3(=O)=O)cn2C1. The van der Waals surface area contributed by atoms with Crippen LogP contribution in [0.15, 0.2) is 6.20 Å². The molecule has 6 heteroatoms. The number of hydrogen-bond donors (Lipinski definition) is 1. The molecule has 0 bridgehead atoms. The fraction of sp³-hybridized carbons (Fsp3) is 0.750. The second-order valence-electron chi connectivity index (χ2n) is 5.43. The van der Waals surface area contributed by atoms with Crippen LogP contribution in [-0.2, 0) is 29.2 Å². The van der Waals surface area contributed by atoms with Gasteiger partial charge in [0.1, 0.15) is 5.82 Å². The molecular formula is C12H19N3O2S. The van der Waals surface area contributed by atoms with Crippen LogP contribution in [0.5, 0.6) is 0 Å². The standard InChI is InChI=1S/C12H19N3O2S/c13-9-3-4-12-14-10(8-15(12)7-9)6-11-2-1-5-18(11,16)17/h8-9,11H,1-7,13H2. The molecule has 0 amide bonds. The molecule has 2 aliphatic rings. The first kappa shape index (κ1) is 12.2. The third-order valence-electron chi connectivity index (χ3n) is 3.98. The van der Waals surface area contributed by atoms with Crippen molar-refractivity contribution in [3.8, 4) is 0 Å². The summed E-state index contributed by atoms with van der Waals surface area (Å²) in [5, 5.41) is -0.219. The highest BCUT2D eigenvalue weighted by Gasteiger charge is 2.32. The number of nitrogens with zero attached hydrogens (tertiary/aromatic N) is 2. The summed E-state index contributed by atoms with van der Waals surface area (Å²) >= 11 is 0. The maximum atomic E-state index is 11.8. The van der Waals surface area contributed by atoms with Gasteiger partial charge in [-0.15, -0.1) is 0 Å². The van der Waals surface area contributed by atoms with Crippen LogP contribution in [0, 0.1) is 0 Å². The zero-order chi connectivity index (χ0) is 12.8. The zero-order valence-corrected chi connectivity index (χ0v) is 11.2. The van der Waals surface area contributed by atoms with Gasteiger partial charge in [-0.05, 0) is 19.3 Å². The van der Waals surface area contributed by atoms with Crippen molar-refractivity contribution in [1.82, 2.24) is 9.55 Å². The average molecular weight is 269 g/mol. The van der Waals surface area contributed by atoms with E-state index >= 15 is 0 Å². The summed E-state index contributed by atoms with van der Waals surface area (Å²) in [6.45, 7) is 0.805. The second kappa shape index (κ2) is 4.35. The van der Waals surface area contributed by atoms with Gasteiger partial charge in [0.25, 0.3) is 0 Å². The van der Waals surface area contributed by atoms with E-state index in [1.54, 1.807) is 0 Å². The van der Waals surface area contributed by atoms with Crippen molar-refractivity contribution in [3.63, 3.8) is 0 Å². The van der Waals surface area contributed by atoms with E-state index in [9.17, 15) is 8.42 Å². The molecule has 0 radical (unpaired) electrons. The van der Waals surface area contributed by atoms with Gasteiger partial charge in [0.05, 0.1) is 16.7 Å². The van der Waals surface area contributed by atoms with Crippen LogP contribution in [0.3, 0.4) is 0 Å². The van der Waals surface area contributed by atoms with Crippen molar-refractivity contribution in [2.75, 3.05) is 5.75 Å². The van der Waals surface area contributed by atoms with E-state index in [1.165, 1.54) is 0 Å². The highest BCUT2D eigenvalue weighted by Crippen LogP contribution is 2.24. The molecule has 3 heterocycles. The van der Waals surface area contributed by atoms with E-state index in [1.807, 2.05) is 6.20 Å². The number of fused-ring (bicyclic) bond motifs is 1. The van der Waals surface area contributed by atoms with E-state index in [4.69, 9.17) is 5.73 Å². The zero-order valence-electron chi connectivity index (χ0n) is 10.4. The minimum atomic E-state index is -2.87. The molecule has 2 atom stereocenters. The van der Waals surface area contributed by atoms with E-state index in [0.29, 0.717) is 12.2 Å². The molecule has 18 heavy (non-hydrogen) atoms. The minimum absolute atomic E-state index is 0.203. The van der Waals surface area contributed by atoms with E-state index in [0.717, 1.165) is 43.7 Å². The average Bonchev–Trinajstić information content (AvgIpc) is 2.82. The first-order valence-electron chi connectivity index (χ1n) is 6.57. The van der Waals surface area contributed by atoms with Crippen molar-refractivity contribution < 1.29 is 8.42 Å². The Balaban J connectivity index is 1.78. The van der Waals surface area contributed by atoms with Gasteiger partial charge in [0.15, 0.2) is 9.84 Å². The van der Waals surface area contributed by atoms with Gasteiger partial charge >= 0.3 is 0 Å². The molecule has 2 aliphatic heterocycles. The molecular weight excluding hydrogens is 250 g/mol. The Hall–Kier alpha value is -0.880. The topological polar surface area (TPSA) is 78.0 Å². The van der Waals surface area contributed by atoms with Gasteiger partial charge in [-0.25, -0.2) is 13.4 Å². The lowest BCUT2D eigenvalue weighted by molar-refractivity contribution is 0.453. The van der Waals surface area contributed by atoms with Gasteiger partial charge in [-0.2, -0.15) is 0 Å². The van der Waals surface area contributed by atoms with Crippen molar-refractivity contribution in [1.29, 1.82) is 0 Å². The Labute approximate surface area is 107 Å². The highest BCUT2D eigenvalue weighted by molar-refractivity contribution is 7.92. The van der Waals surface area contributed by atoms with Crippen LogP contribution in [0.1, 0.15) is 30.8 Å². The van der Waals surface area contributed by atoms with Gasteiger partial charge in [-0.1, -0.05) is 0 Å². The monoisotopic (exact) mass is 269 g/mol. The van der Waals surface area contributed by atoms with Crippen LogP contribution in [0.25, 0.3) is 0 Å². The summed E-state index contributed by atoms with van der Waals surface area (Å²) in [6, 6.07) is 0.203. The Kier molecular flexibility index (Phi) is 2.94. The molecule has 1 saturated heterocycles. The minimum Gasteiger partial charge on any atom is -0.333 e. The molecule has 100 valence electrons. The smallest absolute Gasteiger partial charge is 0.153 e. The summed E-state index contributed by atoms with van der Waals surface area (Å²) < 4.78 is 25.7. The lowest BCUT2D eigenvalue weighted by atomic mass is 10.1. The summed E-state index contributed by atoms with van der Waals surface area (Å²) in [7, 11) is -2.87. The van der Waals surface area contributed by atoms with Gasteiger partial charge in [-0.3, -0.25) is 0 Å². The highest BCUT2D eigenvalue weighted by atomic mass is 32.2. The molecule has 0 saturated carbocycles. The molecule has 1 aromatic heterocycles. The molecule has 1 fully saturated rings. The summed E-state index contributed by atoms with van der Waals surface area (Å²) in [5.41, 5.74) is 6.83. The number of aromatic nitrogens is 2. The van der Waals surface area contributed by atoms with Gasteiger partial charge < -0.3 is 10.3 Å². The lowest BCUT2D eigenvalue weighted by Gasteiger charge is -2.19. The third-order valence-corrected chi connectivity index (χ3v) is 6.25. The number of aryl methyl sites for hydroxylation is 1. The maximum Gasteiger partial charge on any atom is 0.153 e. The Morgan fingerprint density at radius 2 is 2.28 bits per heavy atom. The van der Waals surface area contributed by atoms with Crippen LogP contribution in [0.4, 0.5) is 0 Å². The van der Waals surface area contributed by atoms with Crippen molar-refractivity contribution in [2.24, 2.45) is 5.73 Å². The van der Waals surface area contributed by atoms with Crippen molar-refractivity contribution in [3.05, 3.63) is 17.7 Å². The fourth-order valence-corrected chi connectivity index (χ4v) is 4.80. The summed E-state index contributed by atoms with van der Waals surface area (Å²) in [6.07, 6.45) is 6.01. The second-order valence-corrected chi connectivity index (χ2v) is 7.84. The number of nitrogens with two attached hydrogens (primary N) is 1. The number of rotatable bonds is 2. The number of imidazole rings is 1. The Bertz CT molecular complexity index is 550. The maximum absolute atomic E-state index is 11.8. The van der Waals surface area contributed by atoms with Crippen molar-refractivity contribution in [2.45, 2.75) is 49.9 Å². The molecule has 0 aromatic carbocycles. The summed E-state index contributed by atoms with van der Waals surface area (Å²) in [4.78, 5) is 4.56. The normalized spacial score (nSPS) is 30.3. The predicted octanol–water partition coefficient (Wildman–Crippen LogP) is 0.276. The molecule has 0 spiro atoms. The number of hydrogen-bond acceptors (Lipinski definition) is 4. The first-order valence-corrected chi connectivity index (χ1v) is 8.28. The molecule has 1 aromatic rings. The first-order chi connectivity index (χ1) is 8.54. The molecule has 2 N–H and O–H groups in total. The van der Waals surface area contributed by atoms with Crippen LogP contribution in [-0.4, -0.2) is 35.0 Å². The van der Waals surface area contributed by atoms with Crippen LogP contribution in [0.2, 0.25) is 0 Å². The van der Waals surface area contributed by atoms with Gasteiger partial charge in [0, 0.05) is 31.6 Å². The summed E-state index contributed by atoms with van der Waals surface area (Å²) in [5.74, 6) is 1.40. The molecule has 3 rings (SSSR count). The van der Waals surface area contributed by atoms with Gasteiger partial charge in [0.2, 0.25) is 0 Å². The number of sulfone groups is 1. The van der Waals surface area contributed by atoms with E-state index in [-0.39, 0.29) is 11.3 Å². The van der Waals surface area contributed by atoms with Crippen LogP contribution >= 0.6 is 0 Å². The Morgan fingerprint density at radius 1 is 1.44 bits per heavy atom. The fourth-order valence-electron chi connectivity index (χ4n) is 2.95. The largest absolute Gasteiger partial charge is 0.333 e. The van der Waals surface area contributed by atoms with Crippen molar-refractivity contribution >= 4 is 9.84 Å². The molecule has 5 nitrogen and oxygen atoms in total. The molecule has 0 aliphatic carbocycles. The molecule has 2 unspecified atom stereocenters. The Morgan fingerprint density at radius 3 is 3.00 bits per heavy atom. The predicted molar refractivity (Wildman–Crippen MR) is 69.0 cm³/mol.